The molecule has 0 aliphatic rings. The van der Waals surface area contributed by atoms with Gasteiger partial charge in [-0.15, -0.1) is 24.0 Å². The average molecular weight is 521 g/mol. The first kappa shape index (κ1) is 23.9. The van der Waals surface area contributed by atoms with E-state index in [9.17, 15) is 0 Å². The van der Waals surface area contributed by atoms with E-state index in [1.54, 1.807) is 0 Å². The molecule has 0 fully saturated rings. The van der Waals surface area contributed by atoms with Gasteiger partial charge < -0.3 is 10.2 Å². The lowest BCUT2D eigenvalue weighted by Gasteiger charge is -2.22. The molecular formula is C22H32IN7. The maximum Gasteiger partial charge on any atom is 0.194 e. The van der Waals surface area contributed by atoms with Crippen molar-refractivity contribution in [2.45, 2.75) is 39.8 Å². The van der Waals surface area contributed by atoms with Gasteiger partial charge in [0.1, 0.15) is 0 Å². The summed E-state index contributed by atoms with van der Waals surface area (Å²) in [7, 11) is 4.03. The van der Waals surface area contributed by atoms with Gasteiger partial charge in [-0.25, -0.2) is 9.67 Å². The third-order valence-electron chi connectivity index (χ3n) is 4.66. The van der Waals surface area contributed by atoms with Crippen LogP contribution in [-0.4, -0.2) is 44.0 Å². The molecular weight excluding hydrogens is 489 g/mol. The van der Waals surface area contributed by atoms with Gasteiger partial charge in [-0.1, -0.05) is 32.0 Å². The van der Waals surface area contributed by atoms with Gasteiger partial charge in [0.05, 0.1) is 24.1 Å². The number of rotatable bonds is 7. The number of nitrogens with zero attached hydrogens (tertiary/aromatic N) is 6. The number of hydrogen-bond donors (Lipinski definition) is 1. The fourth-order valence-electron chi connectivity index (χ4n) is 3.29. The van der Waals surface area contributed by atoms with Crippen molar-refractivity contribution >= 4 is 29.9 Å². The van der Waals surface area contributed by atoms with Crippen LogP contribution in [0.25, 0.3) is 5.69 Å². The number of hydrogen-bond acceptors (Lipinski definition) is 3. The van der Waals surface area contributed by atoms with E-state index in [1.165, 1.54) is 5.56 Å². The van der Waals surface area contributed by atoms with Crippen LogP contribution in [0.1, 0.15) is 43.5 Å². The lowest BCUT2D eigenvalue weighted by molar-refractivity contribution is 0.473. The molecule has 2 heterocycles. The number of aryl methyl sites for hydroxylation is 1. The Labute approximate surface area is 196 Å². The maximum atomic E-state index is 4.82. The number of halogens is 1. The van der Waals surface area contributed by atoms with E-state index in [0.717, 1.165) is 36.0 Å². The number of para-hydroxylation sites is 1. The molecule has 7 nitrogen and oxygen atoms in total. The van der Waals surface area contributed by atoms with Crippen LogP contribution in [0, 0.1) is 0 Å². The predicted molar refractivity (Wildman–Crippen MR) is 133 cm³/mol. The van der Waals surface area contributed by atoms with Gasteiger partial charge >= 0.3 is 0 Å². The van der Waals surface area contributed by atoms with Crippen LogP contribution < -0.4 is 5.32 Å². The lowest BCUT2D eigenvalue weighted by Crippen LogP contribution is -2.38. The quantitative estimate of drug-likeness (QED) is 0.291. The van der Waals surface area contributed by atoms with Crippen LogP contribution in [0.4, 0.5) is 0 Å². The largest absolute Gasteiger partial charge is 0.357 e. The number of benzene rings is 1. The molecule has 0 unspecified atom stereocenters. The van der Waals surface area contributed by atoms with Crippen LogP contribution in [0.3, 0.4) is 0 Å². The van der Waals surface area contributed by atoms with Crippen LogP contribution >= 0.6 is 24.0 Å². The Balaban J connectivity index is 0.00000320. The summed E-state index contributed by atoms with van der Waals surface area (Å²) in [5, 5.41) is 12.5. The van der Waals surface area contributed by atoms with Gasteiger partial charge in [0.2, 0.25) is 0 Å². The number of guanidine groups is 1. The van der Waals surface area contributed by atoms with E-state index in [0.29, 0.717) is 12.5 Å². The summed E-state index contributed by atoms with van der Waals surface area (Å²) < 4.78 is 3.77. The highest BCUT2D eigenvalue weighted by Gasteiger charge is 2.15. The highest BCUT2D eigenvalue weighted by Crippen LogP contribution is 2.18. The predicted octanol–water partition coefficient (Wildman–Crippen LogP) is 3.94. The molecule has 1 aromatic carbocycles. The first-order valence-electron chi connectivity index (χ1n) is 10.1. The summed E-state index contributed by atoms with van der Waals surface area (Å²) >= 11 is 0. The molecule has 0 atom stereocenters. The summed E-state index contributed by atoms with van der Waals surface area (Å²) in [6.07, 6.45) is 6.00. The summed E-state index contributed by atoms with van der Waals surface area (Å²) in [4.78, 5) is 6.97. The number of aliphatic imine (C=N–C) groups is 1. The topological polar surface area (TPSA) is 63.3 Å². The van der Waals surface area contributed by atoms with Crippen LogP contribution in [0.2, 0.25) is 0 Å². The normalized spacial score (nSPS) is 11.5. The molecule has 2 aromatic heterocycles. The minimum Gasteiger partial charge on any atom is -0.357 e. The Hall–Kier alpha value is -2.36. The van der Waals surface area contributed by atoms with E-state index in [4.69, 9.17) is 4.99 Å². The summed E-state index contributed by atoms with van der Waals surface area (Å²) in [6.45, 7) is 8.59. The summed E-state index contributed by atoms with van der Waals surface area (Å²) in [6, 6.07) is 10.1. The highest BCUT2D eigenvalue weighted by molar-refractivity contribution is 14.0. The summed E-state index contributed by atoms with van der Waals surface area (Å²) in [5.74, 6) is 1.27. The molecule has 0 amide bonds. The van der Waals surface area contributed by atoms with Crippen molar-refractivity contribution in [3.63, 3.8) is 0 Å². The van der Waals surface area contributed by atoms with Crippen molar-refractivity contribution in [3.8, 4) is 5.69 Å². The Bertz CT molecular complexity index is 944. The molecule has 0 bridgehead atoms. The van der Waals surface area contributed by atoms with Gasteiger partial charge in [-0.3, -0.25) is 4.68 Å². The Morgan fingerprint density at radius 1 is 1.20 bits per heavy atom. The Morgan fingerprint density at radius 2 is 1.93 bits per heavy atom. The molecule has 162 valence electrons. The van der Waals surface area contributed by atoms with Gasteiger partial charge in [0.25, 0.3) is 0 Å². The van der Waals surface area contributed by atoms with Crippen LogP contribution in [0.15, 0.2) is 53.9 Å². The molecule has 0 aliphatic carbocycles. The molecule has 0 aliphatic heterocycles. The molecule has 1 N–H and O–H groups in total. The van der Waals surface area contributed by atoms with Gasteiger partial charge in [-0.05, 0) is 25.0 Å². The van der Waals surface area contributed by atoms with E-state index < -0.39 is 0 Å². The molecule has 3 rings (SSSR count). The third kappa shape index (κ3) is 6.07. The molecule has 8 heteroatoms. The molecule has 30 heavy (non-hydrogen) atoms. The smallest absolute Gasteiger partial charge is 0.194 e. The average Bonchev–Trinajstić information content (AvgIpc) is 3.32. The van der Waals surface area contributed by atoms with E-state index in [2.05, 4.69) is 54.4 Å². The van der Waals surface area contributed by atoms with Crippen molar-refractivity contribution in [1.29, 1.82) is 0 Å². The maximum absolute atomic E-state index is 4.82. The standard InChI is InChI=1S/C22H31N7.HI/c1-6-23-22(27(4)15-19-16-28(5)26-21(19)17(2)3)24-12-18-13-25-29(14-18)20-10-8-7-9-11-20;/h7-11,13-14,16-17H,6,12,15H2,1-5H3,(H,23,24);1H. The zero-order valence-electron chi connectivity index (χ0n) is 18.4. The molecule has 3 aromatic rings. The first-order valence-corrected chi connectivity index (χ1v) is 10.1. The van der Waals surface area contributed by atoms with Crippen molar-refractivity contribution < 1.29 is 0 Å². The van der Waals surface area contributed by atoms with Crippen LogP contribution in [-0.2, 0) is 20.1 Å². The fraction of sp³-hybridized carbons (Fsp3) is 0.409. The monoisotopic (exact) mass is 521 g/mol. The molecule has 0 radical (unpaired) electrons. The van der Waals surface area contributed by atoms with E-state index in [1.807, 2.05) is 59.1 Å². The molecule has 0 saturated heterocycles. The zero-order valence-corrected chi connectivity index (χ0v) is 20.7. The van der Waals surface area contributed by atoms with E-state index in [-0.39, 0.29) is 24.0 Å². The van der Waals surface area contributed by atoms with Crippen molar-refractivity contribution in [3.05, 3.63) is 65.7 Å². The third-order valence-corrected chi connectivity index (χ3v) is 4.66. The molecule has 0 spiro atoms. The lowest BCUT2D eigenvalue weighted by atomic mass is 10.1. The minimum absolute atomic E-state index is 0. The van der Waals surface area contributed by atoms with Crippen molar-refractivity contribution in [2.75, 3.05) is 13.6 Å². The van der Waals surface area contributed by atoms with Crippen LogP contribution in [0.5, 0.6) is 0 Å². The highest BCUT2D eigenvalue weighted by atomic mass is 127. The second-order valence-corrected chi connectivity index (χ2v) is 7.52. The minimum atomic E-state index is 0. The van der Waals surface area contributed by atoms with Crippen molar-refractivity contribution in [2.24, 2.45) is 12.0 Å². The number of nitrogens with one attached hydrogen (secondary N) is 1. The fourth-order valence-corrected chi connectivity index (χ4v) is 3.29. The molecule has 0 saturated carbocycles. The van der Waals surface area contributed by atoms with Crippen molar-refractivity contribution in [1.82, 2.24) is 29.8 Å². The van der Waals surface area contributed by atoms with Gasteiger partial charge in [0.15, 0.2) is 5.96 Å². The second-order valence-electron chi connectivity index (χ2n) is 7.52. The van der Waals surface area contributed by atoms with E-state index >= 15 is 0 Å². The Kier molecular flexibility index (Phi) is 8.88. The van der Waals surface area contributed by atoms with Gasteiger partial charge in [-0.2, -0.15) is 10.2 Å². The zero-order chi connectivity index (χ0) is 20.8. The second kappa shape index (κ2) is 11.1. The summed E-state index contributed by atoms with van der Waals surface area (Å²) in [5.41, 5.74) is 4.48. The van der Waals surface area contributed by atoms with Gasteiger partial charge in [0, 0.05) is 50.7 Å². The first-order chi connectivity index (χ1) is 14.0. The Morgan fingerprint density at radius 3 is 2.60 bits per heavy atom. The SMILES string of the molecule is CCNC(=NCc1cnn(-c2ccccc2)c1)N(C)Cc1cn(C)nc1C(C)C.I. The number of aromatic nitrogens is 4.